The van der Waals surface area contributed by atoms with Crippen LogP contribution in [0.2, 0.25) is 23.2 Å². The Morgan fingerprint density at radius 2 is 1.93 bits per heavy atom. The topological polar surface area (TPSA) is 53.3 Å². The van der Waals surface area contributed by atoms with Crippen molar-refractivity contribution in [3.05, 3.63) is 28.8 Å². The van der Waals surface area contributed by atoms with E-state index in [4.69, 9.17) is 21.3 Å². The monoisotopic (exact) mass is 432 g/mol. The van der Waals surface area contributed by atoms with E-state index < -0.39 is 39.0 Å². The standard InChI is InChI=1S/C19H24ClF3N2O2Si/c1-18(2,3)28(4,5)27-16-9-17(26)25(15(16)10-19(21,22)23)13-7-6-12(11-24)14(20)8-13/h6-8,15-16H,9-10H2,1-5H3/t15-,16-/m0/s1. The number of carbonyl (C=O) groups excluding carboxylic acids is 1. The van der Waals surface area contributed by atoms with Gasteiger partial charge in [0, 0.05) is 5.69 Å². The van der Waals surface area contributed by atoms with Crippen molar-refractivity contribution in [2.45, 2.75) is 70.1 Å². The van der Waals surface area contributed by atoms with Crippen molar-refractivity contribution >= 4 is 31.5 Å². The maximum atomic E-state index is 13.3. The predicted octanol–water partition coefficient (Wildman–Crippen LogP) is 5.66. The third kappa shape index (κ3) is 4.88. The molecular formula is C19H24ClF3N2O2Si. The molecule has 0 radical (unpaired) electrons. The van der Waals surface area contributed by atoms with Gasteiger partial charge in [-0.25, -0.2) is 0 Å². The van der Waals surface area contributed by atoms with Gasteiger partial charge in [0.1, 0.15) is 6.07 Å². The summed E-state index contributed by atoms with van der Waals surface area (Å²) in [5.41, 5.74) is 0.433. The van der Waals surface area contributed by atoms with Gasteiger partial charge in [-0.2, -0.15) is 18.4 Å². The normalized spacial score (nSPS) is 21.1. The van der Waals surface area contributed by atoms with E-state index in [2.05, 4.69) is 0 Å². The Morgan fingerprint density at radius 3 is 2.39 bits per heavy atom. The highest BCUT2D eigenvalue weighted by molar-refractivity contribution is 6.74. The van der Waals surface area contributed by atoms with Crippen LogP contribution in [0.15, 0.2) is 18.2 Å². The first kappa shape index (κ1) is 22.7. The molecule has 0 aliphatic carbocycles. The van der Waals surface area contributed by atoms with Gasteiger partial charge in [0.2, 0.25) is 5.91 Å². The summed E-state index contributed by atoms with van der Waals surface area (Å²) in [5, 5.41) is 8.88. The molecule has 0 bridgehead atoms. The molecule has 1 amide bonds. The second-order valence-corrected chi connectivity index (χ2v) is 13.7. The molecule has 1 saturated heterocycles. The molecule has 0 saturated carbocycles. The number of anilines is 1. The van der Waals surface area contributed by atoms with Crippen LogP contribution in [0.4, 0.5) is 18.9 Å². The molecule has 1 fully saturated rings. The summed E-state index contributed by atoms with van der Waals surface area (Å²) in [6.07, 6.45) is -6.61. The molecule has 2 atom stereocenters. The van der Waals surface area contributed by atoms with Gasteiger partial charge in [-0.3, -0.25) is 4.79 Å². The first-order valence-electron chi connectivity index (χ1n) is 8.92. The van der Waals surface area contributed by atoms with E-state index in [1.807, 2.05) is 39.9 Å². The highest BCUT2D eigenvalue weighted by Crippen LogP contribution is 2.42. The average molecular weight is 433 g/mol. The lowest BCUT2D eigenvalue weighted by molar-refractivity contribution is -0.141. The summed E-state index contributed by atoms with van der Waals surface area (Å²) in [4.78, 5) is 13.8. The Labute approximate surface area is 169 Å². The maximum Gasteiger partial charge on any atom is 0.391 e. The molecule has 1 heterocycles. The number of halogens is 4. The van der Waals surface area contributed by atoms with Crippen LogP contribution < -0.4 is 4.90 Å². The SMILES string of the molecule is CC(C)(C)[Si](C)(C)O[C@H]1CC(=O)N(c2ccc(C#N)c(Cl)c2)[C@H]1CC(F)(F)F. The molecule has 4 nitrogen and oxygen atoms in total. The van der Waals surface area contributed by atoms with E-state index >= 15 is 0 Å². The third-order valence-electron chi connectivity index (χ3n) is 5.45. The summed E-state index contributed by atoms with van der Waals surface area (Å²) in [5.74, 6) is -0.446. The quantitative estimate of drug-likeness (QED) is 0.577. The Balaban J connectivity index is 2.43. The number of benzene rings is 1. The van der Waals surface area contributed by atoms with Gasteiger partial charge in [0.05, 0.1) is 35.6 Å². The van der Waals surface area contributed by atoms with Gasteiger partial charge in [0.25, 0.3) is 0 Å². The lowest BCUT2D eigenvalue weighted by Crippen LogP contribution is -2.49. The van der Waals surface area contributed by atoms with Gasteiger partial charge in [-0.15, -0.1) is 0 Å². The van der Waals surface area contributed by atoms with E-state index in [0.29, 0.717) is 0 Å². The van der Waals surface area contributed by atoms with Gasteiger partial charge in [0.15, 0.2) is 8.32 Å². The van der Waals surface area contributed by atoms with Crippen molar-refractivity contribution in [2.75, 3.05) is 4.90 Å². The van der Waals surface area contributed by atoms with Gasteiger partial charge >= 0.3 is 6.18 Å². The van der Waals surface area contributed by atoms with E-state index in [9.17, 15) is 18.0 Å². The number of nitrogens with zero attached hydrogens (tertiary/aromatic N) is 2. The molecule has 154 valence electrons. The zero-order chi connectivity index (χ0) is 21.5. The fourth-order valence-corrected chi connectivity index (χ4v) is 4.54. The minimum absolute atomic E-state index is 0.0901. The predicted molar refractivity (Wildman–Crippen MR) is 105 cm³/mol. The van der Waals surface area contributed by atoms with Crippen LogP contribution in [0.3, 0.4) is 0 Å². The second kappa shape index (κ2) is 7.69. The first-order chi connectivity index (χ1) is 12.7. The number of amides is 1. The van der Waals surface area contributed by atoms with E-state index in [1.54, 1.807) is 0 Å². The van der Waals surface area contributed by atoms with Gasteiger partial charge < -0.3 is 9.33 Å². The lowest BCUT2D eigenvalue weighted by Gasteiger charge is -2.40. The number of alkyl halides is 3. The largest absolute Gasteiger partial charge is 0.411 e. The molecule has 0 unspecified atom stereocenters. The van der Waals surface area contributed by atoms with Crippen molar-refractivity contribution in [2.24, 2.45) is 0 Å². The van der Waals surface area contributed by atoms with Crippen molar-refractivity contribution in [1.29, 1.82) is 5.26 Å². The third-order valence-corrected chi connectivity index (χ3v) is 10.3. The molecule has 1 aromatic carbocycles. The molecular weight excluding hydrogens is 409 g/mol. The van der Waals surface area contributed by atoms with Crippen molar-refractivity contribution in [1.82, 2.24) is 0 Å². The first-order valence-corrected chi connectivity index (χ1v) is 12.2. The van der Waals surface area contributed by atoms with Crippen LogP contribution in [0.1, 0.15) is 39.2 Å². The zero-order valence-corrected chi connectivity index (χ0v) is 18.3. The fourth-order valence-electron chi connectivity index (χ4n) is 2.97. The van der Waals surface area contributed by atoms with Crippen molar-refractivity contribution in [3.8, 4) is 6.07 Å². The number of hydrogen-bond donors (Lipinski definition) is 0. The highest BCUT2D eigenvalue weighted by atomic mass is 35.5. The number of rotatable bonds is 4. The lowest BCUT2D eigenvalue weighted by atomic mass is 10.1. The Hall–Kier alpha value is -1.56. The minimum atomic E-state index is -4.46. The highest BCUT2D eigenvalue weighted by Gasteiger charge is 2.50. The van der Waals surface area contributed by atoms with Crippen molar-refractivity contribution in [3.63, 3.8) is 0 Å². The van der Waals surface area contributed by atoms with Crippen LogP contribution >= 0.6 is 11.6 Å². The van der Waals surface area contributed by atoms with E-state index in [0.717, 1.165) is 4.90 Å². The summed E-state index contributed by atoms with van der Waals surface area (Å²) < 4.78 is 46.1. The minimum Gasteiger partial charge on any atom is -0.411 e. The molecule has 0 aromatic heterocycles. The van der Waals surface area contributed by atoms with Crippen LogP contribution in [-0.4, -0.2) is 32.5 Å². The zero-order valence-electron chi connectivity index (χ0n) is 16.5. The number of carbonyl (C=O) groups is 1. The number of hydrogen-bond acceptors (Lipinski definition) is 3. The molecule has 28 heavy (non-hydrogen) atoms. The average Bonchev–Trinajstić information content (AvgIpc) is 2.79. The Morgan fingerprint density at radius 1 is 1.32 bits per heavy atom. The molecule has 2 rings (SSSR count). The molecule has 9 heteroatoms. The molecule has 1 aromatic rings. The molecule has 0 N–H and O–H groups in total. The van der Waals surface area contributed by atoms with Crippen LogP contribution in [0, 0.1) is 11.3 Å². The molecule has 1 aliphatic heterocycles. The van der Waals surface area contributed by atoms with Crippen LogP contribution in [-0.2, 0) is 9.22 Å². The van der Waals surface area contributed by atoms with Crippen molar-refractivity contribution < 1.29 is 22.4 Å². The van der Waals surface area contributed by atoms with Crippen LogP contribution in [0.25, 0.3) is 0 Å². The second-order valence-electron chi connectivity index (χ2n) is 8.55. The van der Waals surface area contributed by atoms with Gasteiger partial charge in [-0.05, 0) is 36.3 Å². The smallest absolute Gasteiger partial charge is 0.391 e. The summed E-state index contributed by atoms with van der Waals surface area (Å²) >= 11 is 6.03. The van der Waals surface area contributed by atoms with E-state index in [1.165, 1.54) is 18.2 Å². The fraction of sp³-hybridized carbons (Fsp3) is 0.579. The summed E-state index contributed by atoms with van der Waals surface area (Å²) in [6, 6.07) is 4.92. The Bertz CT molecular complexity index is 800. The van der Waals surface area contributed by atoms with Gasteiger partial charge in [-0.1, -0.05) is 32.4 Å². The summed E-state index contributed by atoms with van der Waals surface area (Å²) in [7, 11) is -2.39. The Kier molecular flexibility index (Phi) is 6.24. The number of nitriles is 1. The van der Waals surface area contributed by atoms with E-state index in [-0.39, 0.29) is 27.7 Å². The summed E-state index contributed by atoms with van der Waals surface area (Å²) in [6.45, 7) is 9.87. The van der Waals surface area contributed by atoms with Crippen LogP contribution in [0.5, 0.6) is 0 Å². The maximum absolute atomic E-state index is 13.3. The molecule has 1 aliphatic rings. The molecule has 0 spiro atoms.